The maximum atomic E-state index is 11.8. The van der Waals surface area contributed by atoms with Crippen molar-refractivity contribution in [3.05, 3.63) is 0 Å². The van der Waals surface area contributed by atoms with Crippen LogP contribution in [0.1, 0.15) is 58.8 Å². The molecule has 2 rings (SSSR count). The molecule has 2 N–H and O–H groups in total. The van der Waals surface area contributed by atoms with E-state index in [0.717, 1.165) is 25.7 Å². The summed E-state index contributed by atoms with van der Waals surface area (Å²) >= 11 is 0. The van der Waals surface area contributed by atoms with Crippen molar-refractivity contribution in [3.63, 3.8) is 0 Å². The van der Waals surface area contributed by atoms with Gasteiger partial charge in [0.15, 0.2) is 0 Å². The molecular formula is C16H26O6. The van der Waals surface area contributed by atoms with Crippen LogP contribution in [0.2, 0.25) is 0 Å². The molecule has 4 unspecified atom stereocenters. The summed E-state index contributed by atoms with van der Waals surface area (Å²) in [5.41, 5.74) is -1.29. The van der Waals surface area contributed by atoms with Crippen LogP contribution >= 0.6 is 0 Å². The van der Waals surface area contributed by atoms with Crippen LogP contribution in [0.4, 0.5) is 0 Å². The summed E-state index contributed by atoms with van der Waals surface area (Å²) < 4.78 is 11.0. The quantitative estimate of drug-likeness (QED) is 0.568. The summed E-state index contributed by atoms with van der Waals surface area (Å²) in [6.07, 6.45) is 3.81. The first-order valence-electron chi connectivity index (χ1n) is 8.18. The predicted molar refractivity (Wildman–Crippen MR) is 78.7 cm³/mol. The van der Waals surface area contributed by atoms with Gasteiger partial charge in [0.05, 0.1) is 36.3 Å². The maximum absolute atomic E-state index is 11.8. The summed E-state index contributed by atoms with van der Waals surface area (Å²) in [7, 11) is 0. The minimum atomic E-state index is -1.29. The van der Waals surface area contributed by atoms with Crippen LogP contribution in [-0.2, 0) is 19.1 Å². The number of epoxide rings is 2. The fraction of sp³-hybridized carbons (Fsp3) is 0.875. The second-order valence-corrected chi connectivity index (χ2v) is 6.57. The lowest BCUT2D eigenvalue weighted by Crippen LogP contribution is -2.37. The number of carboxylic acids is 2. The van der Waals surface area contributed by atoms with E-state index in [1.165, 1.54) is 0 Å². The van der Waals surface area contributed by atoms with E-state index in [1.54, 1.807) is 0 Å². The molecule has 0 amide bonds. The summed E-state index contributed by atoms with van der Waals surface area (Å²) in [4.78, 5) is 23.0. The van der Waals surface area contributed by atoms with Crippen molar-refractivity contribution < 1.29 is 29.3 Å². The van der Waals surface area contributed by atoms with Gasteiger partial charge in [0.1, 0.15) is 0 Å². The molecule has 0 bridgehead atoms. The Morgan fingerprint density at radius 1 is 0.909 bits per heavy atom. The number of rotatable bonds is 11. The van der Waals surface area contributed by atoms with Crippen LogP contribution in [0.25, 0.3) is 0 Å². The third-order valence-corrected chi connectivity index (χ3v) is 4.65. The van der Waals surface area contributed by atoms with Gasteiger partial charge in [-0.1, -0.05) is 26.7 Å². The minimum Gasteiger partial charge on any atom is -0.481 e. The van der Waals surface area contributed by atoms with E-state index in [2.05, 4.69) is 0 Å². The van der Waals surface area contributed by atoms with E-state index in [9.17, 15) is 14.7 Å². The van der Waals surface area contributed by atoms with Crippen molar-refractivity contribution >= 4 is 11.9 Å². The van der Waals surface area contributed by atoms with Crippen molar-refractivity contribution in [2.24, 2.45) is 5.41 Å². The molecular weight excluding hydrogens is 288 g/mol. The van der Waals surface area contributed by atoms with Crippen LogP contribution in [0, 0.1) is 5.41 Å². The fourth-order valence-electron chi connectivity index (χ4n) is 3.33. The zero-order chi connectivity index (χ0) is 16.3. The molecule has 0 aromatic rings. The predicted octanol–water partition coefficient (Wildman–Crippen LogP) is 2.45. The highest BCUT2D eigenvalue weighted by Crippen LogP contribution is 2.46. The summed E-state index contributed by atoms with van der Waals surface area (Å²) in [6.45, 7) is 4.10. The van der Waals surface area contributed by atoms with E-state index in [0.29, 0.717) is 0 Å². The molecule has 6 heteroatoms. The molecule has 2 aliphatic heterocycles. The Balaban J connectivity index is 2.02. The molecule has 0 aliphatic carbocycles. The van der Waals surface area contributed by atoms with E-state index in [4.69, 9.17) is 14.6 Å². The third-order valence-electron chi connectivity index (χ3n) is 4.65. The van der Waals surface area contributed by atoms with Gasteiger partial charge in [-0.05, 0) is 25.7 Å². The largest absolute Gasteiger partial charge is 0.481 e. The van der Waals surface area contributed by atoms with Crippen molar-refractivity contribution in [1.82, 2.24) is 0 Å². The molecule has 2 heterocycles. The van der Waals surface area contributed by atoms with E-state index >= 15 is 0 Å². The monoisotopic (exact) mass is 314 g/mol. The Bertz CT molecular complexity index is 399. The molecule has 2 fully saturated rings. The summed E-state index contributed by atoms with van der Waals surface area (Å²) in [6, 6.07) is 0. The zero-order valence-corrected chi connectivity index (χ0v) is 13.3. The number of carbonyl (C=O) groups is 2. The van der Waals surface area contributed by atoms with Crippen molar-refractivity contribution in [2.45, 2.75) is 83.2 Å². The van der Waals surface area contributed by atoms with Crippen molar-refractivity contribution in [1.29, 1.82) is 0 Å². The first kappa shape index (κ1) is 17.2. The normalized spacial score (nSPS) is 32.3. The Labute approximate surface area is 130 Å². The Morgan fingerprint density at radius 2 is 1.36 bits per heavy atom. The Hall–Kier alpha value is -1.14. The number of ether oxygens (including phenoxy) is 2. The van der Waals surface area contributed by atoms with Gasteiger partial charge in [-0.15, -0.1) is 0 Å². The first-order chi connectivity index (χ1) is 10.4. The molecule has 0 saturated carbocycles. The van der Waals surface area contributed by atoms with Gasteiger partial charge in [0.2, 0.25) is 0 Å². The topological polar surface area (TPSA) is 99.7 Å². The van der Waals surface area contributed by atoms with Gasteiger partial charge >= 0.3 is 11.9 Å². The molecule has 22 heavy (non-hydrogen) atoms. The van der Waals surface area contributed by atoms with Crippen molar-refractivity contribution in [3.8, 4) is 0 Å². The summed E-state index contributed by atoms with van der Waals surface area (Å²) in [5, 5.41) is 18.8. The number of carboxylic acid groups (broad SMARTS) is 2. The molecule has 0 spiro atoms. The highest BCUT2D eigenvalue weighted by molar-refractivity contribution is 5.81. The minimum absolute atomic E-state index is 0.0871. The first-order valence-corrected chi connectivity index (χ1v) is 8.18. The van der Waals surface area contributed by atoms with Gasteiger partial charge in [-0.3, -0.25) is 9.59 Å². The van der Waals surface area contributed by atoms with Crippen LogP contribution in [0.5, 0.6) is 0 Å². The molecule has 2 saturated heterocycles. The van der Waals surface area contributed by atoms with Crippen LogP contribution < -0.4 is 0 Å². The van der Waals surface area contributed by atoms with E-state index < -0.39 is 17.4 Å². The second-order valence-electron chi connectivity index (χ2n) is 6.57. The molecule has 0 radical (unpaired) electrons. The van der Waals surface area contributed by atoms with Gasteiger partial charge in [0.25, 0.3) is 0 Å². The van der Waals surface area contributed by atoms with Crippen molar-refractivity contribution in [2.75, 3.05) is 0 Å². The van der Waals surface area contributed by atoms with E-state index in [1.807, 2.05) is 13.8 Å². The van der Waals surface area contributed by atoms with Gasteiger partial charge < -0.3 is 19.7 Å². The van der Waals surface area contributed by atoms with Gasteiger partial charge in [-0.25, -0.2) is 0 Å². The average molecular weight is 314 g/mol. The SMILES string of the molecule is CCCC1OC1CC(CC(=O)O)(CC1OC1CCC)C(=O)O. The average Bonchev–Trinajstić information content (AvgIpc) is 3.30. The third kappa shape index (κ3) is 4.20. The smallest absolute Gasteiger partial charge is 0.310 e. The molecule has 0 aromatic heterocycles. The molecule has 126 valence electrons. The van der Waals surface area contributed by atoms with Crippen LogP contribution in [0.15, 0.2) is 0 Å². The van der Waals surface area contributed by atoms with Gasteiger partial charge in [-0.2, -0.15) is 0 Å². The van der Waals surface area contributed by atoms with Gasteiger partial charge in [0, 0.05) is 0 Å². The lowest BCUT2D eigenvalue weighted by molar-refractivity contribution is -0.157. The zero-order valence-electron chi connectivity index (χ0n) is 13.3. The highest BCUT2D eigenvalue weighted by atomic mass is 16.6. The lowest BCUT2D eigenvalue weighted by Gasteiger charge is -2.26. The molecule has 4 atom stereocenters. The number of hydrogen-bond acceptors (Lipinski definition) is 4. The van der Waals surface area contributed by atoms with Crippen LogP contribution in [-0.4, -0.2) is 46.6 Å². The molecule has 2 aliphatic rings. The standard InChI is InChI=1S/C16H26O6/c1-3-5-10-12(21-10)7-16(15(19)20,9-14(17)18)8-13-11(22-13)6-4-2/h10-13H,3-9H2,1-2H3,(H,17,18)(H,19,20). The summed E-state index contributed by atoms with van der Waals surface area (Å²) in [5.74, 6) is -2.13. The highest BCUT2D eigenvalue weighted by Gasteiger charge is 2.54. The Kier molecular flexibility index (Phi) is 5.45. The Morgan fingerprint density at radius 3 is 1.68 bits per heavy atom. The second kappa shape index (κ2) is 6.96. The van der Waals surface area contributed by atoms with Crippen LogP contribution in [0.3, 0.4) is 0 Å². The maximum Gasteiger partial charge on any atom is 0.310 e. The molecule has 0 aromatic carbocycles. The van der Waals surface area contributed by atoms with E-state index in [-0.39, 0.29) is 43.7 Å². The number of aliphatic carboxylic acids is 2. The molecule has 6 nitrogen and oxygen atoms in total. The fourth-order valence-corrected chi connectivity index (χ4v) is 3.33. The number of hydrogen-bond donors (Lipinski definition) is 2. The lowest BCUT2D eigenvalue weighted by atomic mass is 9.75.